The van der Waals surface area contributed by atoms with E-state index < -0.39 is 47.9 Å². The van der Waals surface area contributed by atoms with Gasteiger partial charge in [0.2, 0.25) is 5.91 Å². The van der Waals surface area contributed by atoms with Crippen molar-refractivity contribution in [1.82, 2.24) is 5.32 Å². The molecule has 0 heterocycles. The van der Waals surface area contributed by atoms with E-state index in [2.05, 4.69) is 5.32 Å². The number of carbonyl (C=O) groups excluding carboxylic acids is 1. The molecular weight excluding hydrogens is 292 g/mol. The van der Waals surface area contributed by atoms with Gasteiger partial charge < -0.3 is 26.4 Å². The van der Waals surface area contributed by atoms with Gasteiger partial charge in [-0.2, -0.15) is 0 Å². The number of hydrogen-bond donors (Lipinski definition) is 5. The largest absolute Gasteiger partial charge is 0.481 e. The molecule has 6 N–H and O–H groups in total. The van der Waals surface area contributed by atoms with Gasteiger partial charge in [0.1, 0.15) is 11.6 Å². The normalized spacial score (nSPS) is 35.4. The van der Waals surface area contributed by atoms with Crippen LogP contribution in [0.2, 0.25) is 0 Å². The average molecular weight is 309 g/mol. The molecule has 0 aliphatic heterocycles. The molecule has 0 aromatic rings. The third-order valence-corrected chi connectivity index (χ3v) is 4.16. The van der Waals surface area contributed by atoms with Crippen molar-refractivity contribution in [2.45, 2.75) is 24.4 Å². The maximum absolute atomic E-state index is 11.7. The number of aliphatic hydroxyl groups excluding tert-OH is 1. The molecule has 0 spiro atoms. The number of carboxylic acid groups (broad SMARTS) is 2. The molecule has 0 radical (unpaired) electrons. The van der Waals surface area contributed by atoms with Gasteiger partial charge >= 0.3 is 11.9 Å². The second-order valence-electron chi connectivity index (χ2n) is 5.15. The molecule has 114 valence electrons. The van der Waals surface area contributed by atoms with Crippen molar-refractivity contribution >= 4 is 30.3 Å². The fourth-order valence-corrected chi connectivity index (χ4v) is 3.15. The summed E-state index contributed by atoms with van der Waals surface area (Å²) in [6.45, 7) is -0.599. The van der Waals surface area contributed by atoms with Gasteiger partial charge in [0, 0.05) is 5.92 Å². The summed E-state index contributed by atoms with van der Waals surface area (Å²) in [6, 6.07) is -1.21. The van der Waals surface area contributed by atoms with Crippen LogP contribution in [-0.4, -0.2) is 51.4 Å². The summed E-state index contributed by atoms with van der Waals surface area (Å²) in [5.41, 5.74) is 3.76. The number of fused-ring (bicyclic) bond motifs is 1. The number of nitrogens with two attached hydrogens (primary N) is 1. The zero-order valence-corrected chi connectivity index (χ0v) is 11.3. The van der Waals surface area contributed by atoms with Crippen LogP contribution in [0.25, 0.3) is 0 Å². The highest BCUT2D eigenvalue weighted by atomic mass is 35.5. The van der Waals surface area contributed by atoms with Crippen molar-refractivity contribution in [3.63, 3.8) is 0 Å². The monoisotopic (exact) mass is 308 g/mol. The second kappa shape index (κ2) is 5.55. The minimum Gasteiger partial charge on any atom is -0.481 e. The van der Waals surface area contributed by atoms with Crippen LogP contribution < -0.4 is 11.1 Å². The predicted molar refractivity (Wildman–Crippen MR) is 68.2 cm³/mol. The lowest BCUT2D eigenvalue weighted by Gasteiger charge is -2.29. The van der Waals surface area contributed by atoms with Gasteiger partial charge in [0.15, 0.2) is 0 Å². The number of halogens is 1. The van der Waals surface area contributed by atoms with Gasteiger partial charge in [0.05, 0.1) is 12.5 Å². The van der Waals surface area contributed by atoms with Crippen LogP contribution in [0.5, 0.6) is 0 Å². The molecule has 1 amide bonds. The number of carbonyl (C=O) groups is 3. The van der Waals surface area contributed by atoms with Crippen LogP contribution in [-0.2, 0) is 14.4 Å². The zero-order valence-electron chi connectivity index (χ0n) is 10.5. The smallest absolute Gasteiger partial charge is 0.329 e. The molecule has 2 aliphatic carbocycles. The van der Waals surface area contributed by atoms with Crippen molar-refractivity contribution < 1.29 is 29.7 Å². The first-order valence-corrected chi connectivity index (χ1v) is 6.00. The number of nitrogens with one attached hydrogen (secondary N) is 1. The Bertz CT molecular complexity index is 445. The Labute approximate surface area is 120 Å². The predicted octanol–water partition coefficient (Wildman–Crippen LogP) is -1.59. The molecule has 0 unspecified atom stereocenters. The van der Waals surface area contributed by atoms with E-state index in [9.17, 15) is 19.5 Å². The zero-order chi connectivity index (χ0) is 14.4. The fourth-order valence-electron chi connectivity index (χ4n) is 3.15. The lowest BCUT2D eigenvalue weighted by atomic mass is 9.90. The third-order valence-electron chi connectivity index (χ3n) is 4.16. The SMILES string of the molecule is Cl.N[C@@H](CO)C(=O)N[C@@]1(C(=O)O)CC[C@H]2[C@H](C(=O)O)[C@H]21. The molecular formula is C11H17ClN2O6. The molecule has 0 saturated heterocycles. The first-order chi connectivity index (χ1) is 8.85. The van der Waals surface area contributed by atoms with E-state index in [1.54, 1.807) is 0 Å². The molecule has 2 fully saturated rings. The number of rotatable bonds is 5. The highest BCUT2D eigenvalue weighted by Gasteiger charge is 2.72. The molecule has 0 bridgehead atoms. The summed E-state index contributed by atoms with van der Waals surface area (Å²) in [5.74, 6) is -4.60. The third kappa shape index (κ3) is 2.34. The van der Waals surface area contributed by atoms with Crippen molar-refractivity contribution in [2.24, 2.45) is 23.5 Å². The van der Waals surface area contributed by atoms with Gasteiger partial charge in [-0.3, -0.25) is 9.59 Å². The quantitative estimate of drug-likeness (QED) is 0.411. The summed E-state index contributed by atoms with van der Waals surface area (Å²) in [7, 11) is 0. The molecule has 2 aliphatic rings. The maximum Gasteiger partial charge on any atom is 0.329 e. The lowest BCUT2D eigenvalue weighted by Crippen LogP contribution is -2.59. The number of amides is 1. The van der Waals surface area contributed by atoms with E-state index >= 15 is 0 Å². The summed E-state index contributed by atoms with van der Waals surface area (Å²) >= 11 is 0. The fraction of sp³-hybridized carbons (Fsp3) is 0.727. The van der Waals surface area contributed by atoms with Crippen LogP contribution in [0.4, 0.5) is 0 Å². The maximum atomic E-state index is 11.7. The number of aliphatic carboxylic acids is 2. The Morgan fingerprint density at radius 2 is 1.95 bits per heavy atom. The molecule has 2 rings (SSSR count). The van der Waals surface area contributed by atoms with Gasteiger partial charge in [-0.15, -0.1) is 12.4 Å². The summed E-state index contributed by atoms with van der Waals surface area (Å²) < 4.78 is 0. The van der Waals surface area contributed by atoms with Crippen molar-refractivity contribution in [2.75, 3.05) is 6.61 Å². The van der Waals surface area contributed by atoms with Crippen LogP contribution >= 0.6 is 12.4 Å². The first kappa shape index (κ1) is 16.7. The van der Waals surface area contributed by atoms with Crippen molar-refractivity contribution in [3.05, 3.63) is 0 Å². The number of hydrogen-bond acceptors (Lipinski definition) is 5. The molecule has 0 aromatic carbocycles. The summed E-state index contributed by atoms with van der Waals surface area (Å²) in [4.78, 5) is 34.1. The van der Waals surface area contributed by atoms with Gasteiger partial charge in [0.25, 0.3) is 0 Å². The Kier molecular flexibility index (Phi) is 4.62. The molecule has 2 saturated carbocycles. The van der Waals surface area contributed by atoms with Crippen molar-refractivity contribution in [3.8, 4) is 0 Å². The summed E-state index contributed by atoms with van der Waals surface area (Å²) in [6.07, 6.45) is 0.633. The number of carboxylic acids is 2. The second-order valence-corrected chi connectivity index (χ2v) is 5.15. The van der Waals surface area contributed by atoms with Crippen molar-refractivity contribution in [1.29, 1.82) is 0 Å². The van der Waals surface area contributed by atoms with Gasteiger partial charge in [-0.25, -0.2) is 4.79 Å². The minimum atomic E-state index is -1.57. The van der Waals surface area contributed by atoms with Crippen LogP contribution in [0.1, 0.15) is 12.8 Å². The Hall–Kier alpha value is -1.38. The molecule has 20 heavy (non-hydrogen) atoms. The van der Waals surface area contributed by atoms with E-state index in [0.29, 0.717) is 6.42 Å². The van der Waals surface area contributed by atoms with Gasteiger partial charge in [-0.1, -0.05) is 0 Å². The minimum absolute atomic E-state index is 0. The summed E-state index contributed by atoms with van der Waals surface area (Å²) in [5, 5.41) is 29.5. The molecule has 9 heteroatoms. The molecule has 8 nitrogen and oxygen atoms in total. The van der Waals surface area contributed by atoms with Crippen LogP contribution in [0.15, 0.2) is 0 Å². The van der Waals surface area contributed by atoms with Crippen LogP contribution in [0.3, 0.4) is 0 Å². The lowest BCUT2D eigenvalue weighted by molar-refractivity contribution is -0.150. The molecule has 5 atom stereocenters. The Morgan fingerprint density at radius 3 is 2.35 bits per heavy atom. The highest BCUT2D eigenvalue weighted by molar-refractivity contribution is 5.92. The average Bonchev–Trinajstić information content (AvgIpc) is 2.98. The Balaban J connectivity index is 0.00000200. The first-order valence-electron chi connectivity index (χ1n) is 6.00. The van der Waals surface area contributed by atoms with Gasteiger partial charge in [-0.05, 0) is 18.8 Å². The Morgan fingerprint density at radius 1 is 1.35 bits per heavy atom. The topological polar surface area (TPSA) is 150 Å². The standard InChI is InChI=1S/C11H16N2O6.ClH/c12-5(3-14)8(15)13-11(10(18)19)2-1-4-6(7(4)11)9(16)17;/h4-7,14H,1-3,12H2,(H,13,15)(H,16,17)(H,18,19);1H/t4-,5-,6-,7-,11-;/m0./s1. The highest BCUT2D eigenvalue weighted by Crippen LogP contribution is 2.62. The number of aliphatic hydroxyl groups is 1. The van der Waals surface area contributed by atoms with E-state index in [0.717, 1.165) is 0 Å². The van der Waals surface area contributed by atoms with Crippen LogP contribution in [0, 0.1) is 17.8 Å². The van der Waals surface area contributed by atoms with E-state index in [1.165, 1.54) is 0 Å². The van der Waals surface area contributed by atoms with E-state index in [4.69, 9.17) is 15.9 Å². The van der Waals surface area contributed by atoms with E-state index in [1.807, 2.05) is 0 Å². The van der Waals surface area contributed by atoms with E-state index in [-0.39, 0.29) is 24.7 Å². The molecule has 0 aromatic heterocycles.